The molecule has 0 radical (unpaired) electrons. The number of hydrogen-bond donors (Lipinski definition) is 0. The summed E-state index contributed by atoms with van der Waals surface area (Å²) >= 11 is 1.72. The monoisotopic (exact) mass is 366 g/mol. The van der Waals surface area contributed by atoms with Gasteiger partial charge in [-0.05, 0) is 49.9 Å². The molecule has 26 heavy (non-hydrogen) atoms. The van der Waals surface area contributed by atoms with Crippen molar-refractivity contribution in [2.75, 3.05) is 12.4 Å². The van der Waals surface area contributed by atoms with E-state index in [4.69, 9.17) is 4.74 Å². The molecule has 0 bridgehead atoms. The molecule has 0 amide bonds. The second kappa shape index (κ2) is 8.01. The van der Waals surface area contributed by atoms with Crippen molar-refractivity contribution in [3.8, 4) is 17.1 Å². The minimum Gasteiger partial charge on any atom is -0.377 e. The molecule has 1 aliphatic rings. The standard InChI is InChI=1S/C20H22N4OS/c1-15-7-2-3-10-18(15)24-19(16-8-6-11-21-13-16)22-23-20(24)26-14-17-9-4-5-12-25-17/h2-3,6-8,10-11,13,17H,4-5,9,12,14H2,1H3. The summed E-state index contributed by atoms with van der Waals surface area (Å²) in [7, 11) is 0. The highest BCUT2D eigenvalue weighted by atomic mass is 32.2. The third kappa shape index (κ3) is 3.66. The summed E-state index contributed by atoms with van der Waals surface area (Å²) in [4.78, 5) is 4.24. The largest absolute Gasteiger partial charge is 0.377 e. The Balaban J connectivity index is 1.70. The Morgan fingerprint density at radius 1 is 1.15 bits per heavy atom. The Morgan fingerprint density at radius 3 is 2.85 bits per heavy atom. The van der Waals surface area contributed by atoms with E-state index in [1.54, 1.807) is 18.0 Å². The second-order valence-electron chi connectivity index (χ2n) is 6.47. The van der Waals surface area contributed by atoms with Crippen molar-refractivity contribution in [2.24, 2.45) is 0 Å². The van der Waals surface area contributed by atoms with E-state index in [0.717, 1.165) is 41.0 Å². The van der Waals surface area contributed by atoms with Crippen LogP contribution in [-0.4, -0.2) is 38.2 Å². The van der Waals surface area contributed by atoms with Gasteiger partial charge >= 0.3 is 0 Å². The average molecular weight is 366 g/mol. The van der Waals surface area contributed by atoms with Gasteiger partial charge in [-0.15, -0.1) is 10.2 Å². The zero-order valence-corrected chi connectivity index (χ0v) is 15.7. The fourth-order valence-corrected chi connectivity index (χ4v) is 4.19. The summed E-state index contributed by atoms with van der Waals surface area (Å²) in [6, 6.07) is 12.3. The van der Waals surface area contributed by atoms with Gasteiger partial charge < -0.3 is 4.74 Å². The van der Waals surface area contributed by atoms with Crippen LogP contribution in [0.5, 0.6) is 0 Å². The molecule has 0 saturated carbocycles. The van der Waals surface area contributed by atoms with E-state index < -0.39 is 0 Å². The number of aromatic nitrogens is 4. The van der Waals surface area contributed by atoms with Crippen molar-refractivity contribution in [3.05, 3.63) is 54.4 Å². The molecule has 1 aliphatic heterocycles. The van der Waals surface area contributed by atoms with Crippen LogP contribution < -0.4 is 0 Å². The van der Waals surface area contributed by atoms with Gasteiger partial charge in [-0.2, -0.15) is 0 Å². The maximum Gasteiger partial charge on any atom is 0.196 e. The van der Waals surface area contributed by atoms with Crippen molar-refractivity contribution in [3.63, 3.8) is 0 Å². The zero-order chi connectivity index (χ0) is 17.8. The van der Waals surface area contributed by atoms with Crippen LogP contribution in [0.3, 0.4) is 0 Å². The Bertz CT molecular complexity index is 859. The molecular formula is C20H22N4OS. The molecule has 3 heterocycles. The van der Waals surface area contributed by atoms with Crippen LogP contribution in [0.1, 0.15) is 24.8 Å². The third-order valence-corrected chi connectivity index (χ3v) is 5.64. The molecular weight excluding hydrogens is 344 g/mol. The van der Waals surface area contributed by atoms with Gasteiger partial charge in [0.2, 0.25) is 0 Å². The summed E-state index contributed by atoms with van der Waals surface area (Å²) in [5.74, 6) is 1.72. The van der Waals surface area contributed by atoms with Gasteiger partial charge in [-0.1, -0.05) is 30.0 Å². The smallest absolute Gasteiger partial charge is 0.196 e. The number of benzene rings is 1. The Morgan fingerprint density at radius 2 is 2.08 bits per heavy atom. The lowest BCUT2D eigenvalue weighted by Crippen LogP contribution is -2.21. The van der Waals surface area contributed by atoms with Crippen LogP contribution in [0.15, 0.2) is 53.9 Å². The van der Waals surface area contributed by atoms with Crippen molar-refractivity contribution < 1.29 is 4.74 Å². The quantitative estimate of drug-likeness (QED) is 0.630. The number of pyridine rings is 1. The van der Waals surface area contributed by atoms with Crippen LogP contribution in [-0.2, 0) is 4.74 Å². The van der Waals surface area contributed by atoms with E-state index in [0.29, 0.717) is 6.10 Å². The molecule has 1 atom stereocenters. The van der Waals surface area contributed by atoms with Gasteiger partial charge in [0.15, 0.2) is 11.0 Å². The molecule has 2 aromatic heterocycles. The number of aryl methyl sites for hydroxylation is 1. The number of rotatable bonds is 5. The Hall–Kier alpha value is -2.18. The maximum absolute atomic E-state index is 5.87. The van der Waals surface area contributed by atoms with E-state index in [9.17, 15) is 0 Å². The van der Waals surface area contributed by atoms with Gasteiger partial charge in [-0.25, -0.2) is 0 Å². The lowest BCUT2D eigenvalue weighted by atomic mass is 10.1. The van der Waals surface area contributed by atoms with Crippen molar-refractivity contribution in [1.82, 2.24) is 19.7 Å². The number of hydrogen-bond acceptors (Lipinski definition) is 5. The summed E-state index contributed by atoms with van der Waals surface area (Å²) in [6.45, 7) is 2.98. The fourth-order valence-electron chi connectivity index (χ4n) is 3.18. The second-order valence-corrected chi connectivity index (χ2v) is 7.46. The summed E-state index contributed by atoms with van der Waals surface area (Å²) in [5, 5.41) is 9.86. The number of ether oxygens (including phenoxy) is 1. The number of nitrogens with zero attached hydrogens (tertiary/aromatic N) is 4. The summed E-state index contributed by atoms with van der Waals surface area (Å²) in [6.07, 6.45) is 7.45. The van der Waals surface area contributed by atoms with Gasteiger partial charge in [0.05, 0.1) is 11.8 Å². The summed E-state index contributed by atoms with van der Waals surface area (Å²) < 4.78 is 8.01. The van der Waals surface area contributed by atoms with E-state index in [2.05, 4.69) is 44.9 Å². The Labute approximate surface area is 157 Å². The molecule has 134 valence electrons. The van der Waals surface area contributed by atoms with Crippen molar-refractivity contribution in [1.29, 1.82) is 0 Å². The van der Waals surface area contributed by atoms with Crippen LogP contribution in [0.2, 0.25) is 0 Å². The first-order valence-corrected chi connectivity index (χ1v) is 9.98. The maximum atomic E-state index is 5.87. The first-order valence-electron chi connectivity index (χ1n) is 8.99. The molecule has 1 fully saturated rings. The van der Waals surface area contributed by atoms with Crippen LogP contribution >= 0.6 is 11.8 Å². The third-order valence-electron chi connectivity index (χ3n) is 4.58. The zero-order valence-electron chi connectivity index (χ0n) is 14.8. The van der Waals surface area contributed by atoms with Crippen LogP contribution in [0, 0.1) is 6.92 Å². The minimum atomic E-state index is 0.303. The lowest BCUT2D eigenvalue weighted by Gasteiger charge is -2.22. The fraction of sp³-hybridized carbons (Fsp3) is 0.350. The van der Waals surface area contributed by atoms with Gasteiger partial charge in [0.1, 0.15) is 0 Å². The highest BCUT2D eigenvalue weighted by Gasteiger charge is 2.20. The number of para-hydroxylation sites is 1. The van der Waals surface area contributed by atoms with E-state index in [1.165, 1.54) is 18.4 Å². The van der Waals surface area contributed by atoms with E-state index in [-0.39, 0.29) is 0 Å². The highest BCUT2D eigenvalue weighted by molar-refractivity contribution is 7.99. The van der Waals surface area contributed by atoms with Crippen LogP contribution in [0.25, 0.3) is 17.1 Å². The number of thioether (sulfide) groups is 1. The molecule has 4 rings (SSSR count). The average Bonchev–Trinajstić information content (AvgIpc) is 3.12. The topological polar surface area (TPSA) is 52.8 Å². The van der Waals surface area contributed by atoms with Crippen molar-refractivity contribution in [2.45, 2.75) is 37.4 Å². The van der Waals surface area contributed by atoms with Gasteiger partial charge in [0.25, 0.3) is 0 Å². The molecule has 0 aliphatic carbocycles. The van der Waals surface area contributed by atoms with Crippen LogP contribution in [0.4, 0.5) is 0 Å². The molecule has 0 spiro atoms. The van der Waals surface area contributed by atoms with E-state index in [1.807, 2.05) is 24.4 Å². The molecule has 5 nitrogen and oxygen atoms in total. The minimum absolute atomic E-state index is 0.303. The van der Waals surface area contributed by atoms with Gasteiger partial charge in [-0.3, -0.25) is 9.55 Å². The predicted molar refractivity (Wildman–Crippen MR) is 104 cm³/mol. The molecule has 1 aromatic carbocycles. The van der Waals surface area contributed by atoms with Gasteiger partial charge in [0, 0.05) is 30.3 Å². The molecule has 3 aromatic rings. The Kier molecular flexibility index (Phi) is 5.32. The van der Waals surface area contributed by atoms with Crippen molar-refractivity contribution >= 4 is 11.8 Å². The molecule has 6 heteroatoms. The normalized spacial score (nSPS) is 17.3. The van der Waals surface area contributed by atoms with E-state index >= 15 is 0 Å². The first kappa shape index (κ1) is 17.2. The lowest BCUT2D eigenvalue weighted by molar-refractivity contribution is 0.0315. The molecule has 1 unspecified atom stereocenters. The molecule has 0 N–H and O–H groups in total. The highest BCUT2D eigenvalue weighted by Crippen LogP contribution is 2.30. The summed E-state index contributed by atoms with van der Waals surface area (Å²) in [5.41, 5.74) is 3.25. The molecule has 1 saturated heterocycles. The first-order chi connectivity index (χ1) is 12.8. The predicted octanol–water partition coefficient (Wildman–Crippen LogP) is 4.30. The SMILES string of the molecule is Cc1ccccc1-n1c(SCC2CCCCO2)nnc1-c1cccnc1.